The number of benzene rings is 1. The Morgan fingerprint density at radius 2 is 2.00 bits per heavy atom. The molecule has 0 unspecified atom stereocenters. The minimum atomic E-state index is -0.119. The first-order chi connectivity index (χ1) is 13.5. The van der Waals surface area contributed by atoms with E-state index in [0.717, 1.165) is 12.1 Å². The molecule has 0 radical (unpaired) electrons. The van der Waals surface area contributed by atoms with Gasteiger partial charge in [-0.3, -0.25) is 9.59 Å². The number of carbonyl (C=O) groups is 2. The van der Waals surface area contributed by atoms with Gasteiger partial charge in [0.1, 0.15) is 17.5 Å². The highest BCUT2D eigenvalue weighted by Gasteiger charge is 2.37. The minimum absolute atomic E-state index is 0.0413. The molecule has 1 aliphatic heterocycles. The zero-order valence-corrected chi connectivity index (χ0v) is 16.5. The van der Waals surface area contributed by atoms with E-state index < -0.39 is 0 Å². The number of aromatic nitrogens is 1. The smallest absolute Gasteiger partial charge is 0.259 e. The zero-order valence-electron chi connectivity index (χ0n) is 16.5. The average Bonchev–Trinajstić information content (AvgIpc) is 3.42. The molecule has 2 amide bonds. The summed E-state index contributed by atoms with van der Waals surface area (Å²) >= 11 is 0. The Kier molecular flexibility index (Phi) is 5.20. The second kappa shape index (κ2) is 7.78. The lowest BCUT2D eigenvalue weighted by Gasteiger charge is -2.34. The molecule has 2 fully saturated rings. The van der Waals surface area contributed by atoms with Crippen molar-refractivity contribution in [1.82, 2.24) is 15.0 Å². The van der Waals surface area contributed by atoms with Crippen molar-refractivity contribution in [3.63, 3.8) is 0 Å². The summed E-state index contributed by atoms with van der Waals surface area (Å²) in [5, 5.41) is 4.06. The summed E-state index contributed by atoms with van der Waals surface area (Å²) in [5.74, 6) is 0.962. The number of carbonyl (C=O) groups excluding carboxylic acids is 2. The molecule has 2 aromatic rings. The van der Waals surface area contributed by atoms with Gasteiger partial charge in [-0.05, 0) is 24.7 Å². The fraction of sp³-hybridized carbons (Fsp3) is 0.500. The van der Waals surface area contributed by atoms with E-state index in [-0.39, 0.29) is 23.8 Å². The topological polar surface area (TPSA) is 66.7 Å². The lowest BCUT2D eigenvalue weighted by atomic mass is 10.0. The van der Waals surface area contributed by atoms with Crippen molar-refractivity contribution < 1.29 is 14.1 Å². The summed E-state index contributed by atoms with van der Waals surface area (Å²) in [4.78, 5) is 29.9. The molecule has 1 atom stereocenters. The van der Waals surface area contributed by atoms with Crippen LogP contribution in [0.2, 0.25) is 0 Å². The molecule has 1 aliphatic carbocycles. The number of nitrogens with zero attached hydrogens (tertiary/aromatic N) is 3. The highest BCUT2D eigenvalue weighted by molar-refractivity contribution is 5.99. The van der Waals surface area contributed by atoms with E-state index >= 15 is 0 Å². The first kappa shape index (κ1) is 18.7. The second-order valence-electron chi connectivity index (χ2n) is 8.24. The lowest BCUT2D eigenvalue weighted by molar-refractivity contribution is -0.133. The largest absolute Gasteiger partial charge is 0.363 e. The van der Waals surface area contributed by atoms with E-state index in [9.17, 15) is 9.59 Å². The lowest BCUT2D eigenvalue weighted by Crippen LogP contribution is -2.48. The van der Waals surface area contributed by atoms with Crippen LogP contribution in [0.15, 0.2) is 41.1 Å². The summed E-state index contributed by atoms with van der Waals surface area (Å²) < 4.78 is 5.15. The van der Waals surface area contributed by atoms with Crippen molar-refractivity contribution in [2.24, 2.45) is 11.8 Å². The minimum Gasteiger partial charge on any atom is -0.363 e. The van der Waals surface area contributed by atoms with Crippen LogP contribution in [0.3, 0.4) is 0 Å². The Labute approximate surface area is 165 Å². The Morgan fingerprint density at radius 1 is 1.25 bits per heavy atom. The summed E-state index contributed by atoms with van der Waals surface area (Å²) in [6, 6.07) is 9.61. The summed E-state index contributed by atoms with van der Waals surface area (Å²) in [6.07, 6.45) is 4.20. The molecule has 2 aliphatic rings. The maximum atomic E-state index is 13.3. The van der Waals surface area contributed by atoms with Crippen LogP contribution in [0.5, 0.6) is 0 Å². The van der Waals surface area contributed by atoms with Gasteiger partial charge in [0, 0.05) is 31.6 Å². The number of amides is 2. The highest BCUT2D eigenvalue weighted by atomic mass is 16.5. The molecule has 1 aromatic heterocycles. The molecule has 1 saturated carbocycles. The van der Waals surface area contributed by atoms with Crippen molar-refractivity contribution in [2.75, 3.05) is 19.6 Å². The Bertz CT molecular complexity index is 842. The van der Waals surface area contributed by atoms with E-state index in [4.69, 9.17) is 4.52 Å². The molecule has 4 rings (SSSR count). The zero-order chi connectivity index (χ0) is 19.7. The van der Waals surface area contributed by atoms with Gasteiger partial charge in [-0.2, -0.15) is 0 Å². The molecular formula is C22H27N3O3. The number of hydrogen-bond donors (Lipinski definition) is 0. The monoisotopic (exact) mass is 381 g/mol. The van der Waals surface area contributed by atoms with Crippen LogP contribution >= 0.6 is 0 Å². The van der Waals surface area contributed by atoms with Gasteiger partial charge < -0.3 is 14.3 Å². The van der Waals surface area contributed by atoms with Gasteiger partial charge in [0.05, 0.1) is 6.04 Å². The van der Waals surface area contributed by atoms with Gasteiger partial charge in [0.25, 0.3) is 5.91 Å². The molecule has 2 heterocycles. The van der Waals surface area contributed by atoms with Crippen molar-refractivity contribution in [1.29, 1.82) is 0 Å². The van der Waals surface area contributed by atoms with Crippen LogP contribution in [-0.4, -0.2) is 52.4 Å². The molecule has 6 nitrogen and oxygen atoms in total. The van der Waals surface area contributed by atoms with Gasteiger partial charge in [0.15, 0.2) is 0 Å². The van der Waals surface area contributed by atoms with E-state index in [0.29, 0.717) is 36.7 Å². The quantitative estimate of drug-likeness (QED) is 0.796. The van der Waals surface area contributed by atoms with E-state index in [2.05, 4.69) is 19.0 Å². The predicted molar refractivity (Wildman–Crippen MR) is 106 cm³/mol. The van der Waals surface area contributed by atoms with Gasteiger partial charge in [-0.15, -0.1) is 0 Å². The molecular weight excluding hydrogens is 354 g/mol. The van der Waals surface area contributed by atoms with Gasteiger partial charge in [-0.1, -0.05) is 49.3 Å². The summed E-state index contributed by atoms with van der Waals surface area (Å²) in [5.41, 5.74) is 1.86. The van der Waals surface area contributed by atoms with Crippen LogP contribution in [0.1, 0.15) is 43.5 Å². The average molecular weight is 381 g/mol. The van der Waals surface area contributed by atoms with Crippen molar-refractivity contribution in [3.05, 3.63) is 42.2 Å². The summed E-state index contributed by atoms with van der Waals surface area (Å²) in [7, 11) is 0. The third-order valence-electron chi connectivity index (χ3n) is 5.78. The molecule has 6 heteroatoms. The van der Waals surface area contributed by atoms with E-state index in [1.807, 2.05) is 35.2 Å². The van der Waals surface area contributed by atoms with Gasteiger partial charge in [-0.25, -0.2) is 0 Å². The standard InChI is InChI=1S/C22H27N3O3/c1-15(2)19-13-24(11-10-20(26)25(19)12-16-8-9-16)22(27)18-14-28-23-21(18)17-6-4-3-5-7-17/h3-7,14-16,19H,8-13H2,1-2H3/t19-/m0/s1. The van der Waals surface area contributed by atoms with Crippen LogP contribution in [0, 0.1) is 11.8 Å². The van der Waals surface area contributed by atoms with Crippen LogP contribution < -0.4 is 0 Å². The molecule has 1 saturated heterocycles. The molecule has 1 aromatic carbocycles. The van der Waals surface area contributed by atoms with E-state index in [1.165, 1.54) is 19.1 Å². The Morgan fingerprint density at radius 3 is 2.68 bits per heavy atom. The highest BCUT2D eigenvalue weighted by Crippen LogP contribution is 2.32. The predicted octanol–water partition coefficient (Wildman–Crippen LogP) is 3.45. The fourth-order valence-corrected chi connectivity index (χ4v) is 3.91. The molecule has 28 heavy (non-hydrogen) atoms. The van der Waals surface area contributed by atoms with Crippen molar-refractivity contribution in [2.45, 2.75) is 39.2 Å². The normalized spacial score (nSPS) is 20.5. The van der Waals surface area contributed by atoms with Crippen LogP contribution in [-0.2, 0) is 4.79 Å². The molecule has 148 valence electrons. The fourth-order valence-electron chi connectivity index (χ4n) is 3.91. The first-order valence-electron chi connectivity index (χ1n) is 10.1. The van der Waals surface area contributed by atoms with Crippen molar-refractivity contribution >= 4 is 11.8 Å². The van der Waals surface area contributed by atoms with Gasteiger partial charge in [0.2, 0.25) is 5.91 Å². The molecule has 0 bridgehead atoms. The second-order valence-corrected chi connectivity index (χ2v) is 8.24. The third-order valence-corrected chi connectivity index (χ3v) is 5.78. The maximum absolute atomic E-state index is 13.3. The Hall–Kier alpha value is -2.63. The molecule has 0 spiro atoms. The van der Waals surface area contributed by atoms with Crippen molar-refractivity contribution in [3.8, 4) is 11.3 Å². The first-order valence-corrected chi connectivity index (χ1v) is 10.1. The Balaban J connectivity index is 1.58. The van der Waals surface area contributed by atoms with Crippen LogP contribution in [0.4, 0.5) is 0 Å². The number of rotatable bonds is 5. The van der Waals surface area contributed by atoms with Crippen LogP contribution in [0.25, 0.3) is 11.3 Å². The number of hydrogen-bond acceptors (Lipinski definition) is 4. The summed E-state index contributed by atoms with van der Waals surface area (Å²) in [6.45, 7) is 6.06. The maximum Gasteiger partial charge on any atom is 0.259 e. The third kappa shape index (κ3) is 3.81. The van der Waals surface area contributed by atoms with Gasteiger partial charge >= 0.3 is 0 Å². The SMILES string of the molecule is CC(C)[C@@H]1CN(C(=O)c2conc2-c2ccccc2)CCC(=O)N1CC1CC1. The van der Waals surface area contributed by atoms with E-state index in [1.54, 1.807) is 4.90 Å². The molecule has 0 N–H and O–H groups in total.